The third-order valence-corrected chi connectivity index (χ3v) is 17.9. The Balaban J connectivity index is 1.06. The summed E-state index contributed by atoms with van der Waals surface area (Å²) >= 11 is 0. The molecule has 2 bridgehead atoms. The van der Waals surface area contributed by atoms with Gasteiger partial charge < -0.3 is 64.5 Å². The van der Waals surface area contributed by atoms with Gasteiger partial charge in [-0.05, 0) is 86.4 Å². The molecular formula is C42H68O13. The van der Waals surface area contributed by atoms with Crippen LogP contribution in [0, 0.1) is 50.2 Å². The number of aliphatic hydroxyl groups is 8. The van der Waals surface area contributed by atoms with Crippen molar-refractivity contribution in [1.82, 2.24) is 0 Å². The largest absolute Gasteiger partial charge is 0.396 e. The fraction of sp³-hybridized carbons (Fsp3) is 0.952. The molecule has 5 aliphatic carbocycles. The van der Waals surface area contributed by atoms with E-state index in [0.29, 0.717) is 19.4 Å². The molecule has 0 aromatic rings. The molecule has 13 heteroatoms. The molecule has 3 saturated heterocycles. The number of hydrogen-bond donors (Lipinski definition) is 8. The molecule has 0 amide bonds. The topological polar surface area (TPSA) is 208 Å². The Labute approximate surface area is 325 Å². The average Bonchev–Trinajstić information content (AvgIpc) is 3.41. The van der Waals surface area contributed by atoms with Crippen LogP contribution in [0.3, 0.4) is 0 Å². The van der Waals surface area contributed by atoms with Gasteiger partial charge in [-0.15, -0.1) is 0 Å². The molecule has 3 heterocycles. The maximum atomic E-state index is 12.1. The smallest absolute Gasteiger partial charge is 0.187 e. The molecule has 0 unspecified atom stereocenters. The van der Waals surface area contributed by atoms with Crippen LogP contribution < -0.4 is 0 Å². The minimum Gasteiger partial charge on any atom is -0.396 e. The highest BCUT2D eigenvalue weighted by molar-refractivity contribution is 5.36. The van der Waals surface area contributed by atoms with E-state index in [1.807, 2.05) is 6.92 Å². The Hall–Kier alpha value is -0.780. The summed E-state index contributed by atoms with van der Waals surface area (Å²) in [4.78, 5) is 0. The van der Waals surface area contributed by atoms with E-state index >= 15 is 0 Å². The van der Waals surface area contributed by atoms with Crippen molar-refractivity contribution >= 4 is 0 Å². The fourth-order valence-electron chi connectivity index (χ4n) is 14.3. The second-order valence-electron chi connectivity index (χ2n) is 21.0. The molecule has 3 aliphatic heterocycles. The minimum absolute atomic E-state index is 0.0158. The summed E-state index contributed by atoms with van der Waals surface area (Å²) in [5.41, 5.74) is -2.00. The van der Waals surface area contributed by atoms with Crippen LogP contribution in [0.4, 0.5) is 0 Å². The van der Waals surface area contributed by atoms with Gasteiger partial charge >= 0.3 is 0 Å². The van der Waals surface area contributed by atoms with E-state index in [1.165, 1.54) is 6.92 Å². The van der Waals surface area contributed by atoms with Crippen LogP contribution in [-0.2, 0) is 23.7 Å². The van der Waals surface area contributed by atoms with Crippen LogP contribution in [0.25, 0.3) is 0 Å². The number of fused-ring (bicyclic) bond motifs is 4. The zero-order chi connectivity index (χ0) is 39.9. The second-order valence-corrected chi connectivity index (χ2v) is 21.0. The monoisotopic (exact) mass is 780 g/mol. The van der Waals surface area contributed by atoms with Gasteiger partial charge in [0.25, 0.3) is 0 Å². The first-order chi connectivity index (χ1) is 25.7. The maximum absolute atomic E-state index is 12.1. The van der Waals surface area contributed by atoms with Crippen molar-refractivity contribution in [2.24, 2.45) is 50.2 Å². The summed E-state index contributed by atoms with van der Waals surface area (Å²) in [6, 6.07) is 0. The lowest BCUT2D eigenvalue weighted by Crippen LogP contribution is -2.72. The van der Waals surface area contributed by atoms with Gasteiger partial charge in [0.1, 0.15) is 42.7 Å². The first-order valence-corrected chi connectivity index (χ1v) is 20.9. The van der Waals surface area contributed by atoms with E-state index in [2.05, 4.69) is 46.8 Å². The first-order valence-electron chi connectivity index (χ1n) is 20.9. The predicted octanol–water partition coefficient (Wildman–Crippen LogP) is 1.78. The van der Waals surface area contributed by atoms with Crippen LogP contribution >= 0.6 is 0 Å². The van der Waals surface area contributed by atoms with Crippen molar-refractivity contribution in [1.29, 1.82) is 0 Å². The van der Waals surface area contributed by atoms with Crippen molar-refractivity contribution in [2.75, 3.05) is 19.8 Å². The van der Waals surface area contributed by atoms with E-state index in [0.717, 1.165) is 38.5 Å². The van der Waals surface area contributed by atoms with Gasteiger partial charge in [-0.1, -0.05) is 53.7 Å². The van der Waals surface area contributed by atoms with Crippen LogP contribution in [0.15, 0.2) is 12.2 Å². The molecule has 4 saturated carbocycles. The highest BCUT2D eigenvalue weighted by atomic mass is 16.7. The van der Waals surface area contributed by atoms with Gasteiger partial charge in [-0.3, -0.25) is 0 Å². The number of rotatable bonds is 6. The third kappa shape index (κ3) is 5.44. The molecule has 1 spiro atoms. The van der Waals surface area contributed by atoms with Gasteiger partial charge in [-0.2, -0.15) is 0 Å². The molecule has 0 radical (unpaired) electrons. The SMILES string of the molecule is C[C@@H]1O[C@H](O[C@H]2[C@H](O)[C@@H](O[C@@H]3CC[C@]4(C)[C@H](CC[C@@]5(C)[C@H]4C=C[C@@]46OC[C@]7(CCC(C)(C)C[C@H]74)[C@@H](O)C[C@]56C)[C@@]3(C)CO)O[C@@H](CO)[C@@H]2O)[C@@H](O)[C@H](O)[C@H]1O. The molecule has 55 heavy (non-hydrogen) atoms. The zero-order valence-corrected chi connectivity index (χ0v) is 33.7. The number of ether oxygens (including phenoxy) is 5. The zero-order valence-electron chi connectivity index (χ0n) is 33.7. The third-order valence-electron chi connectivity index (χ3n) is 17.9. The fourth-order valence-corrected chi connectivity index (χ4v) is 14.3. The summed E-state index contributed by atoms with van der Waals surface area (Å²) < 4.78 is 31.2. The van der Waals surface area contributed by atoms with Gasteiger partial charge in [0.05, 0.1) is 43.7 Å². The lowest BCUT2D eigenvalue weighted by Gasteiger charge is -2.73. The van der Waals surface area contributed by atoms with Crippen molar-refractivity contribution in [3.05, 3.63) is 12.2 Å². The van der Waals surface area contributed by atoms with E-state index in [4.69, 9.17) is 23.7 Å². The first kappa shape index (κ1) is 41.0. The van der Waals surface area contributed by atoms with Crippen LogP contribution in [0.1, 0.15) is 99.8 Å². The Morgan fingerprint density at radius 1 is 0.727 bits per heavy atom. The molecular weight excluding hydrogens is 712 g/mol. The van der Waals surface area contributed by atoms with Crippen LogP contribution in [0.5, 0.6) is 0 Å². The number of allylic oxidation sites excluding steroid dienone is 1. The lowest BCUT2D eigenvalue weighted by molar-refractivity contribution is -0.368. The standard InChI is InChI=1S/C42H68O13/c1-21-28(46)30(48)31(49)34(52-21)55-33-29(47)22(18-43)53-35(32(33)50)54-27-10-11-37(4)23(38(27,5)19-44)8-12-39(6)24(37)9-13-42-25-16-36(2,3)14-15-41(25,20-51-42)26(45)17-40(39,42)7/h9,13,21-35,43-50H,8,10-12,14-20H2,1-7H3/t21-,22-,23-,24-,25+,26-,27+,28-,29-,30+,31-,32-,33+,34+,35+,37+,38+,39-,40+,41-,42+/m0/s1. The van der Waals surface area contributed by atoms with Gasteiger partial charge in [-0.25, -0.2) is 0 Å². The van der Waals surface area contributed by atoms with Crippen LogP contribution in [0.2, 0.25) is 0 Å². The molecule has 0 aromatic carbocycles. The molecule has 8 aliphatic rings. The van der Waals surface area contributed by atoms with Crippen molar-refractivity contribution in [3.63, 3.8) is 0 Å². The summed E-state index contributed by atoms with van der Waals surface area (Å²) in [5.74, 6) is 0.401. The number of hydrogen-bond acceptors (Lipinski definition) is 13. The van der Waals surface area contributed by atoms with E-state index in [1.54, 1.807) is 0 Å². The molecule has 7 fully saturated rings. The summed E-state index contributed by atoms with van der Waals surface area (Å²) in [6.07, 6.45) is -3.55. The normalized spacial score (nSPS) is 59.7. The predicted molar refractivity (Wildman–Crippen MR) is 197 cm³/mol. The Morgan fingerprint density at radius 2 is 1.44 bits per heavy atom. The highest BCUT2D eigenvalue weighted by Crippen LogP contribution is 2.79. The lowest BCUT2D eigenvalue weighted by atomic mass is 9.32. The maximum Gasteiger partial charge on any atom is 0.187 e. The minimum atomic E-state index is -1.67. The Bertz CT molecular complexity index is 1490. The van der Waals surface area contributed by atoms with E-state index in [9.17, 15) is 40.9 Å². The van der Waals surface area contributed by atoms with Gasteiger partial charge in [0.2, 0.25) is 0 Å². The van der Waals surface area contributed by atoms with Crippen molar-refractivity contribution < 1.29 is 64.5 Å². The van der Waals surface area contributed by atoms with Crippen molar-refractivity contribution in [3.8, 4) is 0 Å². The Morgan fingerprint density at radius 3 is 2.13 bits per heavy atom. The van der Waals surface area contributed by atoms with Crippen LogP contribution in [-0.4, -0.2) is 140 Å². The molecule has 314 valence electrons. The molecule has 8 rings (SSSR count). The quantitative estimate of drug-likeness (QED) is 0.143. The van der Waals surface area contributed by atoms with E-state index < -0.39 is 91.2 Å². The highest BCUT2D eigenvalue weighted by Gasteiger charge is 2.79. The summed E-state index contributed by atoms with van der Waals surface area (Å²) in [7, 11) is 0. The Kier molecular flexibility index (Phi) is 9.95. The second kappa shape index (κ2) is 13.4. The summed E-state index contributed by atoms with van der Waals surface area (Å²) in [6.45, 7) is 15.2. The molecule has 21 atom stereocenters. The van der Waals surface area contributed by atoms with Gasteiger partial charge in [0, 0.05) is 22.2 Å². The average molecular weight is 781 g/mol. The molecule has 8 N–H and O–H groups in total. The molecule has 13 nitrogen and oxygen atoms in total. The van der Waals surface area contributed by atoms with E-state index in [-0.39, 0.29) is 51.4 Å². The molecule has 0 aromatic heterocycles. The van der Waals surface area contributed by atoms with Gasteiger partial charge in [0.15, 0.2) is 12.6 Å². The van der Waals surface area contributed by atoms with Crippen molar-refractivity contribution in [2.45, 2.75) is 179 Å². The summed E-state index contributed by atoms with van der Waals surface area (Å²) in [5, 5.41) is 87.5. The number of aliphatic hydroxyl groups excluding tert-OH is 8.